The van der Waals surface area contributed by atoms with Gasteiger partial charge < -0.3 is 32.9 Å². The number of carbonyl (C=O) groups excluding carboxylic acids is 2. The number of nitrogens with one attached hydrogen (secondary N) is 2. The van der Waals surface area contributed by atoms with Crippen molar-refractivity contribution in [3.05, 3.63) is 0 Å². The Morgan fingerprint density at radius 3 is 2.07 bits per heavy atom. The normalized spacial score (nSPS) is 14.3. The number of aliphatic carboxylic acids is 1. The van der Waals surface area contributed by atoms with Gasteiger partial charge in [0.2, 0.25) is 11.8 Å². The highest BCUT2D eigenvalue weighted by Crippen LogP contribution is 2.08. The van der Waals surface area contributed by atoms with E-state index in [1.807, 2.05) is 13.8 Å². The molecule has 0 heterocycles. The summed E-state index contributed by atoms with van der Waals surface area (Å²) in [6, 6.07) is -2.71. The number of amides is 2. The number of guanidine groups is 1. The van der Waals surface area contributed by atoms with Gasteiger partial charge in [0, 0.05) is 6.54 Å². The van der Waals surface area contributed by atoms with E-state index in [9.17, 15) is 19.5 Å². The van der Waals surface area contributed by atoms with Gasteiger partial charge in [-0.1, -0.05) is 27.7 Å². The first-order chi connectivity index (χ1) is 12.5. The van der Waals surface area contributed by atoms with E-state index in [1.54, 1.807) is 13.8 Å². The molecule has 2 amide bonds. The van der Waals surface area contributed by atoms with Crippen LogP contribution in [-0.2, 0) is 14.4 Å². The van der Waals surface area contributed by atoms with Crippen LogP contribution >= 0.6 is 0 Å². The van der Waals surface area contributed by atoms with Gasteiger partial charge in [0.15, 0.2) is 5.96 Å². The number of carboxylic acids is 1. The van der Waals surface area contributed by atoms with E-state index in [2.05, 4.69) is 15.6 Å². The average molecular weight is 386 g/mol. The Kier molecular flexibility index (Phi) is 11.0. The summed E-state index contributed by atoms with van der Waals surface area (Å²) in [6.07, 6.45) is 1.16. The molecule has 0 aromatic heterocycles. The summed E-state index contributed by atoms with van der Waals surface area (Å²) in [7, 11) is 0. The fourth-order valence-electron chi connectivity index (χ4n) is 2.40. The molecular weight excluding hydrogens is 352 g/mol. The zero-order valence-corrected chi connectivity index (χ0v) is 16.6. The van der Waals surface area contributed by atoms with E-state index in [0.29, 0.717) is 25.8 Å². The maximum Gasteiger partial charge on any atom is 0.326 e. The molecule has 3 atom stereocenters. The SMILES string of the molecule is CC(C)C[C@H](NC(=O)[C@H](NC(=O)[C@H](N)CCCN=C(N)N)C(C)C)C(=O)O. The maximum absolute atomic E-state index is 12.5. The number of carboxylic acid groups (broad SMARTS) is 1. The molecule has 0 spiro atoms. The smallest absolute Gasteiger partial charge is 0.326 e. The molecule has 0 aliphatic heterocycles. The van der Waals surface area contributed by atoms with E-state index in [1.165, 1.54) is 0 Å². The Hall–Kier alpha value is -2.36. The number of hydrogen-bond donors (Lipinski definition) is 6. The molecule has 0 aliphatic rings. The number of aliphatic imine (C=N–C) groups is 1. The van der Waals surface area contributed by atoms with Crippen molar-refractivity contribution in [2.45, 2.75) is 65.1 Å². The van der Waals surface area contributed by atoms with Crippen LogP contribution in [0.1, 0.15) is 47.0 Å². The highest BCUT2D eigenvalue weighted by atomic mass is 16.4. The molecule has 0 radical (unpaired) electrons. The lowest BCUT2D eigenvalue weighted by atomic mass is 10.00. The van der Waals surface area contributed by atoms with Gasteiger partial charge in [-0.15, -0.1) is 0 Å². The second-order valence-electron chi connectivity index (χ2n) is 7.31. The Morgan fingerprint density at radius 2 is 1.63 bits per heavy atom. The van der Waals surface area contributed by atoms with Crippen molar-refractivity contribution in [3.63, 3.8) is 0 Å². The monoisotopic (exact) mass is 386 g/mol. The molecule has 0 aromatic carbocycles. The molecule has 0 fully saturated rings. The highest BCUT2D eigenvalue weighted by Gasteiger charge is 2.30. The van der Waals surface area contributed by atoms with Crippen molar-refractivity contribution in [1.82, 2.24) is 10.6 Å². The summed E-state index contributed by atoms with van der Waals surface area (Å²) >= 11 is 0. The van der Waals surface area contributed by atoms with E-state index in [0.717, 1.165) is 0 Å². The van der Waals surface area contributed by atoms with Gasteiger partial charge >= 0.3 is 5.97 Å². The second-order valence-corrected chi connectivity index (χ2v) is 7.31. The van der Waals surface area contributed by atoms with Crippen molar-refractivity contribution in [2.24, 2.45) is 34.0 Å². The Bertz CT molecular complexity index is 532. The first-order valence-corrected chi connectivity index (χ1v) is 9.10. The summed E-state index contributed by atoms with van der Waals surface area (Å²) in [6.45, 7) is 7.60. The Morgan fingerprint density at radius 1 is 1.04 bits per heavy atom. The van der Waals surface area contributed by atoms with Crippen LogP contribution in [0.2, 0.25) is 0 Å². The average Bonchev–Trinajstić information content (AvgIpc) is 2.54. The summed E-state index contributed by atoms with van der Waals surface area (Å²) in [4.78, 5) is 39.9. The minimum Gasteiger partial charge on any atom is -0.480 e. The summed E-state index contributed by atoms with van der Waals surface area (Å²) in [5, 5.41) is 14.4. The lowest BCUT2D eigenvalue weighted by molar-refractivity contribution is -0.143. The molecule has 0 aromatic rings. The zero-order valence-electron chi connectivity index (χ0n) is 16.6. The van der Waals surface area contributed by atoms with Crippen LogP contribution in [0.15, 0.2) is 4.99 Å². The number of nitrogens with zero attached hydrogens (tertiary/aromatic N) is 1. The molecule has 0 saturated heterocycles. The molecule has 9 N–H and O–H groups in total. The lowest BCUT2D eigenvalue weighted by Gasteiger charge is -2.25. The minimum atomic E-state index is -1.11. The third kappa shape index (κ3) is 10.4. The first-order valence-electron chi connectivity index (χ1n) is 9.10. The van der Waals surface area contributed by atoms with Crippen LogP contribution < -0.4 is 27.8 Å². The number of nitrogens with two attached hydrogens (primary N) is 3. The van der Waals surface area contributed by atoms with Gasteiger partial charge in [-0.25, -0.2) is 4.79 Å². The topological polar surface area (TPSA) is 186 Å². The molecule has 0 aliphatic carbocycles. The van der Waals surface area contributed by atoms with Gasteiger partial charge in [-0.05, 0) is 31.1 Å². The van der Waals surface area contributed by atoms with E-state index < -0.39 is 35.9 Å². The van der Waals surface area contributed by atoms with Gasteiger partial charge in [-0.2, -0.15) is 0 Å². The van der Waals surface area contributed by atoms with Crippen molar-refractivity contribution in [2.75, 3.05) is 6.54 Å². The standard InChI is InChI=1S/C17H34N6O4/c1-9(2)8-12(16(26)27)22-15(25)13(10(3)4)23-14(24)11(18)6-5-7-21-17(19)20/h9-13H,5-8,18H2,1-4H3,(H,22,25)(H,23,24)(H,26,27)(H4,19,20,21)/t11-,12+,13-/m1/s1. The number of rotatable bonds is 12. The summed E-state index contributed by atoms with van der Waals surface area (Å²) < 4.78 is 0. The summed E-state index contributed by atoms with van der Waals surface area (Å²) in [5.74, 6) is -2.31. The van der Waals surface area contributed by atoms with Crippen LogP contribution in [0.25, 0.3) is 0 Å². The molecule has 10 heteroatoms. The fraction of sp³-hybridized carbons (Fsp3) is 0.765. The predicted octanol–water partition coefficient (Wildman–Crippen LogP) is -0.876. The lowest BCUT2D eigenvalue weighted by Crippen LogP contribution is -2.56. The van der Waals surface area contributed by atoms with Crippen molar-refractivity contribution in [3.8, 4) is 0 Å². The van der Waals surface area contributed by atoms with Crippen LogP contribution in [-0.4, -0.2) is 53.5 Å². The third-order valence-electron chi connectivity index (χ3n) is 3.87. The van der Waals surface area contributed by atoms with E-state index in [-0.39, 0.29) is 17.8 Å². The third-order valence-corrected chi connectivity index (χ3v) is 3.87. The van der Waals surface area contributed by atoms with Crippen molar-refractivity contribution >= 4 is 23.7 Å². The van der Waals surface area contributed by atoms with E-state index >= 15 is 0 Å². The Balaban J connectivity index is 4.81. The van der Waals surface area contributed by atoms with Crippen molar-refractivity contribution < 1.29 is 19.5 Å². The number of hydrogen-bond acceptors (Lipinski definition) is 5. The van der Waals surface area contributed by atoms with Crippen LogP contribution in [0.5, 0.6) is 0 Å². The van der Waals surface area contributed by atoms with Gasteiger partial charge in [-0.3, -0.25) is 14.6 Å². The Labute approximate surface area is 160 Å². The van der Waals surface area contributed by atoms with E-state index in [4.69, 9.17) is 17.2 Å². The molecule has 0 bridgehead atoms. The molecular formula is C17H34N6O4. The minimum absolute atomic E-state index is 0.0288. The second kappa shape index (κ2) is 12.1. The van der Waals surface area contributed by atoms with Crippen LogP contribution in [0, 0.1) is 11.8 Å². The van der Waals surface area contributed by atoms with Gasteiger partial charge in [0.25, 0.3) is 0 Å². The van der Waals surface area contributed by atoms with Crippen molar-refractivity contribution in [1.29, 1.82) is 0 Å². The summed E-state index contributed by atoms with van der Waals surface area (Å²) in [5.41, 5.74) is 16.3. The fourth-order valence-corrected chi connectivity index (χ4v) is 2.40. The molecule has 10 nitrogen and oxygen atoms in total. The zero-order chi connectivity index (χ0) is 21.1. The van der Waals surface area contributed by atoms with Crippen LogP contribution in [0.3, 0.4) is 0 Å². The maximum atomic E-state index is 12.5. The molecule has 27 heavy (non-hydrogen) atoms. The molecule has 0 unspecified atom stereocenters. The highest BCUT2D eigenvalue weighted by molar-refractivity contribution is 5.91. The molecule has 0 rings (SSSR count). The quantitative estimate of drug-likeness (QED) is 0.143. The molecule has 156 valence electrons. The predicted molar refractivity (Wildman–Crippen MR) is 104 cm³/mol. The van der Waals surface area contributed by atoms with Gasteiger partial charge in [0.1, 0.15) is 12.1 Å². The molecule has 0 saturated carbocycles. The van der Waals surface area contributed by atoms with Crippen LogP contribution in [0.4, 0.5) is 0 Å². The first kappa shape index (κ1) is 24.6. The van der Waals surface area contributed by atoms with Gasteiger partial charge in [0.05, 0.1) is 6.04 Å². The number of carbonyl (C=O) groups is 3. The largest absolute Gasteiger partial charge is 0.480 e.